The minimum absolute atomic E-state index is 0.00240. The highest BCUT2D eigenvalue weighted by Crippen LogP contribution is 2.31. The second-order valence-corrected chi connectivity index (χ2v) is 9.12. The number of thioether (sulfide) groups is 1. The molecule has 3 aromatic rings. The van der Waals surface area contributed by atoms with E-state index in [1.54, 1.807) is 67.8 Å². The van der Waals surface area contributed by atoms with E-state index in [-0.39, 0.29) is 30.6 Å². The normalized spacial score (nSPS) is 17.0. The molecule has 4 rings (SSSR count). The highest BCUT2D eigenvalue weighted by atomic mass is 35.5. The molecule has 1 heterocycles. The molecule has 6 nitrogen and oxygen atoms in total. The molecule has 9 heteroatoms. The van der Waals surface area contributed by atoms with Crippen molar-refractivity contribution in [3.8, 4) is 5.75 Å². The fourth-order valence-corrected chi connectivity index (χ4v) is 4.60. The summed E-state index contributed by atoms with van der Waals surface area (Å²) in [6.45, 7) is 0.207. The third kappa shape index (κ3) is 5.95. The lowest BCUT2D eigenvalue weighted by Gasteiger charge is -2.32. The van der Waals surface area contributed by atoms with Crippen LogP contribution < -0.4 is 10.1 Å². The number of methoxy groups -OCH3 is 1. The van der Waals surface area contributed by atoms with Crippen molar-refractivity contribution in [2.24, 2.45) is 4.99 Å². The number of halogens is 2. The number of rotatable bonds is 6. The molecule has 1 unspecified atom stereocenters. The van der Waals surface area contributed by atoms with Gasteiger partial charge in [0.1, 0.15) is 16.8 Å². The van der Waals surface area contributed by atoms with Crippen LogP contribution in [-0.4, -0.2) is 34.2 Å². The van der Waals surface area contributed by atoms with Gasteiger partial charge in [0, 0.05) is 17.1 Å². The number of nitrogens with one attached hydrogen (secondary N) is 1. The molecule has 0 radical (unpaired) electrons. The summed E-state index contributed by atoms with van der Waals surface area (Å²) in [4.78, 5) is 32.2. The second kappa shape index (κ2) is 10.7. The predicted octanol–water partition coefficient (Wildman–Crippen LogP) is 5.65. The Morgan fingerprint density at radius 1 is 1.18 bits per heavy atom. The Labute approximate surface area is 205 Å². The number of carbonyl (C=O) groups is 2. The standard InChI is InChI=1S/C25H21ClFN3O3S/c1-33-21-11-9-19(10-12-21)28-24(32)22-14-23(31)30(15-16-5-7-18(27)8-6-16)25(34-22)29-20-4-2-3-17(26)13-20/h2-13,22H,14-15H2,1H3,(H,28,32). The van der Waals surface area contributed by atoms with Gasteiger partial charge in [-0.2, -0.15) is 0 Å². The molecule has 0 saturated carbocycles. The van der Waals surface area contributed by atoms with Gasteiger partial charge in [-0.15, -0.1) is 0 Å². The number of benzene rings is 3. The Morgan fingerprint density at radius 2 is 1.91 bits per heavy atom. The van der Waals surface area contributed by atoms with Gasteiger partial charge in [-0.25, -0.2) is 9.38 Å². The second-order valence-electron chi connectivity index (χ2n) is 7.51. The summed E-state index contributed by atoms with van der Waals surface area (Å²) in [7, 11) is 1.57. The van der Waals surface area contributed by atoms with E-state index in [4.69, 9.17) is 16.3 Å². The molecule has 0 bridgehead atoms. The zero-order chi connectivity index (χ0) is 24.1. The number of hydrogen-bond acceptors (Lipinski definition) is 5. The van der Waals surface area contributed by atoms with Crippen LogP contribution in [0.3, 0.4) is 0 Å². The summed E-state index contributed by atoms with van der Waals surface area (Å²) in [5, 5.41) is 3.05. The van der Waals surface area contributed by atoms with Gasteiger partial charge in [-0.3, -0.25) is 14.5 Å². The maximum absolute atomic E-state index is 13.3. The van der Waals surface area contributed by atoms with E-state index in [0.29, 0.717) is 27.3 Å². The van der Waals surface area contributed by atoms with Gasteiger partial charge in [0.25, 0.3) is 0 Å². The van der Waals surface area contributed by atoms with E-state index in [1.165, 1.54) is 28.8 Å². The average Bonchev–Trinajstić information content (AvgIpc) is 2.83. The van der Waals surface area contributed by atoms with Crippen molar-refractivity contribution in [3.63, 3.8) is 0 Å². The highest BCUT2D eigenvalue weighted by molar-refractivity contribution is 8.15. The number of ether oxygens (including phenoxy) is 1. The number of anilines is 1. The third-order valence-electron chi connectivity index (χ3n) is 5.08. The Kier molecular flexibility index (Phi) is 7.49. The Bertz CT molecular complexity index is 1220. The summed E-state index contributed by atoms with van der Waals surface area (Å²) < 4.78 is 18.5. The van der Waals surface area contributed by atoms with Crippen LogP contribution in [0.4, 0.5) is 15.8 Å². The van der Waals surface area contributed by atoms with Gasteiger partial charge in [0.05, 0.1) is 19.3 Å². The Balaban J connectivity index is 1.58. The minimum Gasteiger partial charge on any atom is -0.497 e. The molecule has 174 valence electrons. The lowest BCUT2D eigenvalue weighted by Crippen LogP contribution is -2.44. The molecule has 2 amide bonds. The molecule has 1 atom stereocenters. The van der Waals surface area contributed by atoms with Gasteiger partial charge in [0.2, 0.25) is 11.8 Å². The third-order valence-corrected chi connectivity index (χ3v) is 6.50. The van der Waals surface area contributed by atoms with E-state index in [1.807, 2.05) is 0 Å². The monoisotopic (exact) mass is 497 g/mol. The number of nitrogens with zero attached hydrogens (tertiary/aromatic N) is 2. The predicted molar refractivity (Wildman–Crippen MR) is 133 cm³/mol. The zero-order valence-corrected chi connectivity index (χ0v) is 19.8. The molecule has 1 fully saturated rings. The van der Waals surface area contributed by atoms with Crippen LogP contribution >= 0.6 is 23.4 Å². The molecular weight excluding hydrogens is 477 g/mol. The Morgan fingerprint density at radius 3 is 2.59 bits per heavy atom. The summed E-state index contributed by atoms with van der Waals surface area (Å²) >= 11 is 7.30. The maximum atomic E-state index is 13.3. The number of amides is 2. The van der Waals surface area contributed by atoms with Gasteiger partial charge in [-0.1, -0.05) is 41.6 Å². The van der Waals surface area contributed by atoms with E-state index in [2.05, 4.69) is 10.3 Å². The summed E-state index contributed by atoms with van der Waals surface area (Å²) in [6.07, 6.45) is 0.00240. The number of carbonyl (C=O) groups excluding carboxylic acids is 2. The first kappa shape index (κ1) is 23.8. The molecule has 1 saturated heterocycles. The van der Waals surface area contributed by atoms with Gasteiger partial charge >= 0.3 is 0 Å². The first-order valence-corrected chi connectivity index (χ1v) is 11.7. The first-order valence-electron chi connectivity index (χ1n) is 10.4. The van der Waals surface area contributed by atoms with E-state index < -0.39 is 5.25 Å². The molecule has 0 spiro atoms. The van der Waals surface area contributed by atoms with Gasteiger partial charge < -0.3 is 10.1 Å². The number of amidine groups is 1. The van der Waals surface area contributed by atoms with Crippen LogP contribution in [0.2, 0.25) is 5.02 Å². The topological polar surface area (TPSA) is 71.0 Å². The van der Waals surface area contributed by atoms with E-state index in [9.17, 15) is 14.0 Å². The summed E-state index contributed by atoms with van der Waals surface area (Å²) in [5.41, 5.74) is 1.90. The maximum Gasteiger partial charge on any atom is 0.238 e. The van der Waals surface area contributed by atoms with Crippen LogP contribution in [0.15, 0.2) is 77.8 Å². The fourth-order valence-electron chi connectivity index (χ4n) is 3.32. The fraction of sp³-hybridized carbons (Fsp3) is 0.160. The van der Waals surface area contributed by atoms with Crippen LogP contribution in [0.25, 0.3) is 0 Å². The number of aliphatic imine (C=N–C) groups is 1. The first-order chi connectivity index (χ1) is 16.4. The van der Waals surface area contributed by atoms with Crippen molar-refractivity contribution in [2.75, 3.05) is 12.4 Å². The van der Waals surface area contributed by atoms with E-state index in [0.717, 1.165) is 5.56 Å². The average molecular weight is 498 g/mol. The lowest BCUT2D eigenvalue weighted by molar-refractivity contribution is -0.129. The summed E-state index contributed by atoms with van der Waals surface area (Å²) in [6, 6.07) is 19.8. The molecule has 34 heavy (non-hydrogen) atoms. The van der Waals surface area contributed by atoms with E-state index >= 15 is 0 Å². The SMILES string of the molecule is COc1ccc(NC(=O)C2CC(=O)N(Cc3ccc(F)cc3)C(=Nc3cccc(Cl)c3)S2)cc1. The minimum atomic E-state index is -0.669. The van der Waals surface area contributed by atoms with Crippen molar-refractivity contribution >= 4 is 51.7 Å². The van der Waals surface area contributed by atoms with Crippen LogP contribution in [0, 0.1) is 5.82 Å². The van der Waals surface area contributed by atoms with Crippen molar-refractivity contribution in [2.45, 2.75) is 18.2 Å². The van der Waals surface area contributed by atoms with Gasteiger partial charge in [0.15, 0.2) is 5.17 Å². The smallest absolute Gasteiger partial charge is 0.238 e. The molecule has 1 aliphatic heterocycles. The van der Waals surface area contributed by atoms with Crippen molar-refractivity contribution in [3.05, 3.63) is 89.2 Å². The highest BCUT2D eigenvalue weighted by Gasteiger charge is 2.36. The van der Waals surface area contributed by atoms with Crippen molar-refractivity contribution in [1.29, 1.82) is 0 Å². The zero-order valence-electron chi connectivity index (χ0n) is 18.2. The Hall–Kier alpha value is -3.36. The molecular formula is C25H21ClFN3O3S. The number of hydrogen-bond donors (Lipinski definition) is 1. The van der Waals surface area contributed by atoms with Crippen LogP contribution in [0.5, 0.6) is 5.75 Å². The quantitative estimate of drug-likeness (QED) is 0.478. The van der Waals surface area contributed by atoms with Crippen molar-refractivity contribution < 1.29 is 18.7 Å². The van der Waals surface area contributed by atoms with Crippen molar-refractivity contribution in [1.82, 2.24) is 4.90 Å². The van der Waals surface area contributed by atoms with Crippen LogP contribution in [-0.2, 0) is 16.1 Å². The molecule has 1 N–H and O–H groups in total. The van der Waals surface area contributed by atoms with Crippen LogP contribution in [0.1, 0.15) is 12.0 Å². The molecule has 0 aliphatic carbocycles. The molecule has 0 aromatic heterocycles. The summed E-state index contributed by atoms with van der Waals surface area (Å²) in [5.74, 6) is -0.235. The molecule has 3 aromatic carbocycles. The largest absolute Gasteiger partial charge is 0.497 e. The molecule has 1 aliphatic rings. The van der Waals surface area contributed by atoms with Gasteiger partial charge in [-0.05, 0) is 60.2 Å². The lowest BCUT2D eigenvalue weighted by atomic mass is 10.2.